The molecular weight excluding hydrogens is 454 g/mol. The Balaban J connectivity index is 1.69. The lowest BCUT2D eigenvalue weighted by Crippen LogP contribution is -2.46. The van der Waals surface area contributed by atoms with Gasteiger partial charge in [0.2, 0.25) is 11.8 Å². The molecule has 1 aromatic heterocycles. The Hall–Kier alpha value is -4.04. The third-order valence-electron chi connectivity index (χ3n) is 6.16. The van der Waals surface area contributed by atoms with Gasteiger partial charge in [0.15, 0.2) is 0 Å². The predicted octanol–water partition coefficient (Wildman–Crippen LogP) is 3.31. The fourth-order valence-corrected chi connectivity index (χ4v) is 4.26. The van der Waals surface area contributed by atoms with Crippen molar-refractivity contribution in [1.82, 2.24) is 25.2 Å². The van der Waals surface area contributed by atoms with E-state index >= 15 is 0 Å². The minimum atomic E-state index is -0.797. The summed E-state index contributed by atoms with van der Waals surface area (Å²) in [6.07, 6.45) is 0.610. The van der Waals surface area contributed by atoms with Crippen molar-refractivity contribution in [3.8, 4) is 0 Å². The number of nitrogens with one attached hydrogen (secondary N) is 1. The number of aromatic nitrogens is 3. The van der Waals surface area contributed by atoms with Crippen LogP contribution >= 0.6 is 0 Å². The second-order valence-electron chi connectivity index (χ2n) is 8.60. The Bertz CT molecular complexity index is 1300. The molecule has 186 valence electrons. The Morgan fingerprint density at radius 1 is 1.00 bits per heavy atom. The molecule has 0 saturated carbocycles. The highest BCUT2D eigenvalue weighted by molar-refractivity contribution is 5.89. The first kappa shape index (κ1) is 25.1. The smallest absolute Gasteiger partial charge is 0.247 e. The van der Waals surface area contributed by atoms with Gasteiger partial charge in [-0.25, -0.2) is 4.68 Å². The van der Waals surface area contributed by atoms with Crippen molar-refractivity contribution in [3.05, 3.63) is 95.6 Å². The molecule has 2 amide bonds. The number of benzene rings is 3. The van der Waals surface area contributed by atoms with Crippen LogP contribution in [0.15, 0.2) is 78.9 Å². The molecule has 0 fully saturated rings. The second-order valence-corrected chi connectivity index (χ2v) is 8.60. The van der Waals surface area contributed by atoms with E-state index in [4.69, 9.17) is 4.74 Å². The van der Waals surface area contributed by atoms with Gasteiger partial charge in [0, 0.05) is 20.2 Å². The van der Waals surface area contributed by atoms with E-state index in [9.17, 15) is 9.59 Å². The van der Waals surface area contributed by atoms with Gasteiger partial charge in [0.1, 0.15) is 18.1 Å². The van der Waals surface area contributed by atoms with Crippen LogP contribution in [0.2, 0.25) is 0 Å². The van der Waals surface area contributed by atoms with Gasteiger partial charge in [-0.15, -0.1) is 5.10 Å². The normalized spacial score (nSPS) is 11.8. The number of carbonyl (C=O) groups excluding carboxylic acids is 2. The minimum Gasteiger partial charge on any atom is -0.383 e. The van der Waals surface area contributed by atoms with E-state index in [1.807, 2.05) is 85.8 Å². The molecular formula is C28H31N5O3. The number of amides is 2. The van der Waals surface area contributed by atoms with Gasteiger partial charge < -0.3 is 15.0 Å². The second kappa shape index (κ2) is 12.1. The van der Waals surface area contributed by atoms with Crippen molar-refractivity contribution >= 4 is 22.8 Å². The maximum absolute atomic E-state index is 13.9. The maximum Gasteiger partial charge on any atom is 0.247 e. The number of carbonyl (C=O) groups is 2. The average molecular weight is 486 g/mol. The van der Waals surface area contributed by atoms with Crippen LogP contribution in [0.25, 0.3) is 11.0 Å². The zero-order valence-corrected chi connectivity index (χ0v) is 20.6. The predicted molar refractivity (Wildman–Crippen MR) is 138 cm³/mol. The summed E-state index contributed by atoms with van der Waals surface area (Å²) in [5.41, 5.74) is 4.30. The summed E-state index contributed by atoms with van der Waals surface area (Å²) in [6.45, 7) is 3.03. The summed E-state index contributed by atoms with van der Waals surface area (Å²) in [5, 5.41) is 11.3. The van der Waals surface area contributed by atoms with Gasteiger partial charge in [0.25, 0.3) is 0 Å². The SMILES string of the molecule is COCCNC(=O)[C@H](c1ccccc1C)N(CCc1ccccc1)C(=O)Cn1nnc2ccccc21. The summed E-state index contributed by atoms with van der Waals surface area (Å²) in [4.78, 5) is 29.1. The third-order valence-corrected chi connectivity index (χ3v) is 6.16. The van der Waals surface area contributed by atoms with Crippen LogP contribution < -0.4 is 5.32 Å². The highest BCUT2D eigenvalue weighted by atomic mass is 16.5. The van der Waals surface area contributed by atoms with E-state index in [1.165, 1.54) is 0 Å². The van der Waals surface area contributed by atoms with Crippen LogP contribution in [0.5, 0.6) is 0 Å². The number of para-hydroxylation sites is 1. The van der Waals surface area contributed by atoms with Crippen molar-refractivity contribution in [2.75, 3.05) is 26.8 Å². The van der Waals surface area contributed by atoms with E-state index in [2.05, 4.69) is 15.6 Å². The van der Waals surface area contributed by atoms with Gasteiger partial charge in [-0.1, -0.05) is 71.9 Å². The molecule has 36 heavy (non-hydrogen) atoms. The zero-order valence-electron chi connectivity index (χ0n) is 20.6. The molecule has 1 N–H and O–H groups in total. The fraction of sp³-hybridized carbons (Fsp3) is 0.286. The van der Waals surface area contributed by atoms with E-state index < -0.39 is 6.04 Å². The van der Waals surface area contributed by atoms with Crippen molar-refractivity contribution in [2.45, 2.75) is 25.9 Å². The molecule has 0 aliphatic heterocycles. The Morgan fingerprint density at radius 2 is 1.72 bits per heavy atom. The maximum atomic E-state index is 13.9. The van der Waals surface area contributed by atoms with Crippen molar-refractivity contribution in [3.63, 3.8) is 0 Å². The Morgan fingerprint density at radius 3 is 2.50 bits per heavy atom. The lowest BCUT2D eigenvalue weighted by Gasteiger charge is -2.32. The molecule has 3 aromatic carbocycles. The van der Waals surface area contributed by atoms with E-state index in [0.717, 1.165) is 22.2 Å². The van der Waals surface area contributed by atoms with Gasteiger partial charge in [-0.05, 0) is 42.2 Å². The summed E-state index contributed by atoms with van der Waals surface area (Å²) in [6, 6.07) is 24.3. The highest BCUT2D eigenvalue weighted by Gasteiger charge is 2.32. The number of hydrogen-bond donors (Lipinski definition) is 1. The van der Waals surface area contributed by atoms with Crippen molar-refractivity contribution in [1.29, 1.82) is 0 Å². The standard InChI is InChI=1S/C28H31N5O3/c1-21-10-6-7-13-23(21)27(28(35)29-17-19-36-2)32(18-16-22-11-4-3-5-12-22)26(34)20-33-25-15-9-8-14-24(25)30-31-33/h3-15,27H,16-20H2,1-2H3,(H,29,35)/t27-/m0/s1. The molecule has 1 heterocycles. The molecule has 1 atom stereocenters. The lowest BCUT2D eigenvalue weighted by atomic mass is 9.98. The van der Waals surface area contributed by atoms with Crippen LogP contribution in [0, 0.1) is 6.92 Å². The molecule has 0 bridgehead atoms. The molecule has 0 saturated heterocycles. The molecule has 8 nitrogen and oxygen atoms in total. The highest BCUT2D eigenvalue weighted by Crippen LogP contribution is 2.26. The molecule has 4 rings (SSSR count). The number of aryl methyl sites for hydroxylation is 1. The van der Waals surface area contributed by atoms with Crippen LogP contribution in [-0.2, 0) is 27.3 Å². The fourth-order valence-electron chi connectivity index (χ4n) is 4.26. The Kier molecular flexibility index (Phi) is 8.41. The topological polar surface area (TPSA) is 89.4 Å². The average Bonchev–Trinajstić information content (AvgIpc) is 3.30. The molecule has 0 aliphatic carbocycles. The van der Waals surface area contributed by atoms with Crippen LogP contribution in [0.3, 0.4) is 0 Å². The number of hydrogen-bond acceptors (Lipinski definition) is 5. The van der Waals surface area contributed by atoms with Gasteiger partial charge in [-0.3, -0.25) is 9.59 Å². The summed E-state index contributed by atoms with van der Waals surface area (Å²) in [5.74, 6) is -0.456. The number of ether oxygens (including phenoxy) is 1. The molecule has 8 heteroatoms. The van der Waals surface area contributed by atoms with Crippen LogP contribution in [-0.4, -0.2) is 58.5 Å². The third kappa shape index (κ3) is 5.95. The number of fused-ring (bicyclic) bond motifs is 1. The van der Waals surface area contributed by atoms with Crippen molar-refractivity contribution < 1.29 is 14.3 Å². The number of rotatable bonds is 11. The zero-order chi connectivity index (χ0) is 25.3. The molecule has 0 radical (unpaired) electrons. The van der Waals surface area contributed by atoms with Gasteiger partial charge >= 0.3 is 0 Å². The molecule has 4 aromatic rings. The number of nitrogens with zero attached hydrogens (tertiary/aromatic N) is 4. The molecule has 0 unspecified atom stereocenters. The quantitative estimate of drug-likeness (QED) is 0.329. The van der Waals surface area contributed by atoms with Crippen LogP contribution in [0.1, 0.15) is 22.7 Å². The van der Waals surface area contributed by atoms with Crippen LogP contribution in [0.4, 0.5) is 0 Å². The van der Waals surface area contributed by atoms with Crippen molar-refractivity contribution in [2.24, 2.45) is 0 Å². The first-order valence-electron chi connectivity index (χ1n) is 12.0. The summed E-state index contributed by atoms with van der Waals surface area (Å²) in [7, 11) is 1.59. The minimum absolute atomic E-state index is 0.0248. The summed E-state index contributed by atoms with van der Waals surface area (Å²) >= 11 is 0. The van der Waals surface area contributed by atoms with Gasteiger partial charge in [0.05, 0.1) is 12.1 Å². The monoisotopic (exact) mass is 485 g/mol. The van der Waals surface area contributed by atoms with E-state index in [1.54, 1.807) is 16.7 Å². The van der Waals surface area contributed by atoms with Gasteiger partial charge in [-0.2, -0.15) is 0 Å². The largest absolute Gasteiger partial charge is 0.383 e. The molecule has 0 spiro atoms. The summed E-state index contributed by atoms with van der Waals surface area (Å²) < 4.78 is 6.70. The van der Waals surface area contributed by atoms with E-state index in [-0.39, 0.29) is 18.4 Å². The first-order chi connectivity index (χ1) is 17.6. The van der Waals surface area contributed by atoms with E-state index in [0.29, 0.717) is 31.6 Å². The Labute approximate surface area is 210 Å². The lowest BCUT2D eigenvalue weighted by molar-refractivity contribution is -0.141. The first-order valence-corrected chi connectivity index (χ1v) is 12.0. The molecule has 0 aliphatic rings. The number of methoxy groups -OCH3 is 1.